The molecule has 2 rings (SSSR count). The highest BCUT2D eigenvalue weighted by Crippen LogP contribution is 2.25. The molecule has 0 fully saturated rings. The Balaban J connectivity index is 1.80. The van der Waals surface area contributed by atoms with Crippen LogP contribution < -0.4 is 15.2 Å². The molecular formula is C16H19N2O3S-. The van der Waals surface area contributed by atoms with Crippen LogP contribution in [0.4, 0.5) is 5.13 Å². The molecular weight excluding hydrogens is 300 g/mol. The number of aliphatic carboxylic acids is 1. The van der Waals surface area contributed by atoms with Crippen molar-refractivity contribution in [2.75, 3.05) is 18.5 Å². The number of benzene rings is 1. The van der Waals surface area contributed by atoms with E-state index in [4.69, 9.17) is 4.74 Å². The molecule has 0 atom stereocenters. The first-order valence-electron chi connectivity index (χ1n) is 7.16. The normalized spacial score (nSPS) is 10.7. The summed E-state index contributed by atoms with van der Waals surface area (Å²) in [4.78, 5) is 14.7. The number of para-hydroxylation sites is 1. The third-order valence-electron chi connectivity index (χ3n) is 3.05. The molecule has 0 aliphatic heterocycles. The van der Waals surface area contributed by atoms with Gasteiger partial charge in [0.25, 0.3) is 0 Å². The van der Waals surface area contributed by atoms with Gasteiger partial charge in [0.2, 0.25) is 0 Å². The number of thiazole rings is 1. The molecule has 1 N–H and O–H groups in total. The van der Waals surface area contributed by atoms with Crippen molar-refractivity contribution in [1.82, 2.24) is 4.98 Å². The summed E-state index contributed by atoms with van der Waals surface area (Å²) in [5, 5.41) is 16.0. The summed E-state index contributed by atoms with van der Waals surface area (Å²) in [5.74, 6) is 0.192. The molecule has 2 aromatic rings. The topological polar surface area (TPSA) is 74.3 Å². The smallest absolute Gasteiger partial charge is 0.182 e. The van der Waals surface area contributed by atoms with Crippen LogP contribution in [-0.2, 0) is 11.2 Å². The number of carbonyl (C=O) groups is 1. The van der Waals surface area contributed by atoms with Gasteiger partial charge < -0.3 is 20.0 Å². The first-order chi connectivity index (χ1) is 10.6. The van der Waals surface area contributed by atoms with Gasteiger partial charge in [-0.05, 0) is 17.5 Å². The minimum Gasteiger partial charge on any atom is -0.550 e. The number of hydrogen-bond acceptors (Lipinski definition) is 6. The van der Waals surface area contributed by atoms with Crippen molar-refractivity contribution in [2.24, 2.45) is 0 Å². The largest absolute Gasteiger partial charge is 0.550 e. The van der Waals surface area contributed by atoms with E-state index in [0.29, 0.717) is 29.9 Å². The Morgan fingerprint density at radius 3 is 2.91 bits per heavy atom. The van der Waals surface area contributed by atoms with Crippen LogP contribution >= 0.6 is 11.3 Å². The van der Waals surface area contributed by atoms with Crippen LogP contribution in [0.15, 0.2) is 29.6 Å². The zero-order valence-corrected chi connectivity index (χ0v) is 13.5. The number of carboxylic acid groups (broad SMARTS) is 1. The van der Waals surface area contributed by atoms with E-state index in [0.717, 1.165) is 5.75 Å². The fourth-order valence-electron chi connectivity index (χ4n) is 2.03. The van der Waals surface area contributed by atoms with Gasteiger partial charge in [0.1, 0.15) is 12.4 Å². The van der Waals surface area contributed by atoms with Gasteiger partial charge >= 0.3 is 0 Å². The monoisotopic (exact) mass is 319 g/mol. The molecule has 0 amide bonds. The predicted octanol–water partition coefficient (Wildman–Crippen LogP) is 2.05. The summed E-state index contributed by atoms with van der Waals surface area (Å²) in [5.41, 5.74) is 1.70. The Labute approximate surface area is 134 Å². The van der Waals surface area contributed by atoms with Gasteiger partial charge in [0, 0.05) is 17.8 Å². The summed E-state index contributed by atoms with van der Waals surface area (Å²) in [6, 6.07) is 8.01. The molecule has 1 heterocycles. The van der Waals surface area contributed by atoms with E-state index in [-0.39, 0.29) is 6.42 Å². The van der Waals surface area contributed by atoms with E-state index in [1.807, 2.05) is 18.2 Å². The minimum atomic E-state index is -1.12. The van der Waals surface area contributed by atoms with Crippen molar-refractivity contribution >= 4 is 22.4 Å². The lowest BCUT2D eigenvalue weighted by Gasteiger charge is -2.13. The molecule has 0 spiro atoms. The van der Waals surface area contributed by atoms with Crippen molar-refractivity contribution in [3.8, 4) is 5.75 Å². The van der Waals surface area contributed by atoms with Crippen molar-refractivity contribution in [1.29, 1.82) is 0 Å². The average molecular weight is 319 g/mol. The van der Waals surface area contributed by atoms with Crippen molar-refractivity contribution in [3.63, 3.8) is 0 Å². The number of anilines is 1. The zero-order chi connectivity index (χ0) is 15.9. The van der Waals surface area contributed by atoms with Crippen LogP contribution in [0.2, 0.25) is 0 Å². The Morgan fingerprint density at radius 1 is 1.41 bits per heavy atom. The van der Waals surface area contributed by atoms with Gasteiger partial charge in [0.05, 0.1) is 12.2 Å². The van der Waals surface area contributed by atoms with Crippen LogP contribution in [0.25, 0.3) is 0 Å². The van der Waals surface area contributed by atoms with Crippen molar-refractivity contribution in [2.45, 2.75) is 26.2 Å². The quantitative estimate of drug-likeness (QED) is 0.754. The van der Waals surface area contributed by atoms with Crippen LogP contribution in [0.1, 0.15) is 31.0 Å². The highest BCUT2D eigenvalue weighted by atomic mass is 32.1. The lowest BCUT2D eigenvalue weighted by Crippen LogP contribution is -2.24. The highest BCUT2D eigenvalue weighted by molar-refractivity contribution is 7.13. The van der Waals surface area contributed by atoms with Crippen molar-refractivity contribution < 1.29 is 14.6 Å². The van der Waals surface area contributed by atoms with E-state index in [9.17, 15) is 9.90 Å². The molecule has 0 bridgehead atoms. The fourth-order valence-corrected chi connectivity index (χ4v) is 2.76. The summed E-state index contributed by atoms with van der Waals surface area (Å²) in [7, 11) is 0. The average Bonchev–Trinajstić information content (AvgIpc) is 2.90. The van der Waals surface area contributed by atoms with Crippen LogP contribution in [0.3, 0.4) is 0 Å². The Kier molecular flexibility index (Phi) is 5.77. The molecule has 118 valence electrons. The molecule has 5 nitrogen and oxygen atoms in total. The first-order valence-corrected chi connectivity index (χ1v) is 8.04. The van der Waals surface area contributed by atoms with Crippen LogP contribution in [0, 0.1) is 0 Å². The number of nitrogens with one attached hydrogen (secondary N) is 1. The van der Waals surface area contributed by atoms with Gasteiger partial charge in [-0.3, -0.25) is 0 Å². The highest BCUT2D eigenvalue weighted by Gasteiger charge is 2.07. The van der Waals surface area contributed by atoms with Gasteiger partial charge in [-0.15, -0.1) is 11.3 Å². The Bertz CT molecular complexity index is 625. The van der Waals surface area contributed by atoms with E-state index < -0.39 is 5.97 Å². The maximum atomic E-state index is 10.5. The molecule has 22 heavy (non-hydrogen) atoms. The second kappa shape index (κ2) is 7.79. The van der Waals surface area contributed by atoms with Gasteiger partial charge in [-0.1, -0.05) is 32.0 Å². The Morgan fingerprint density at radius 2 is 2.18 bits per heavy atom. The summed E-state index contributed by atoms with van der Waals surface area (Å²) in [6.07, 6.45) is -0.156. The number of nitrogens with zero attached hydrogens (tertiary/aromatic N) is 1. The molecule has 0 aliphatic rings. The number of carboxylic acids is 1. The number of hydrogen-bond donors (Lipinski definition) is 1. The summed E-state index contributed by atoms with van der Waals surface area (Å²) in [6.45, 7) is 5.38. The molecule has 0 radical (unpaired) electrons. The van der Waals surface area contributed by atoms with Crippen LogP contribution in [0.5, 0.6) is 5.75 Å². The fraction of sp³-hybridized carbons (Fsp3) is 0.375. The second-order valence-corrected chi connectivity index (χ2v) is 6.02. The zero-order valence-electron chi connectivity index (χ0n) is 12.7. The van der Waals surface area contributed by atoms with E-state index in [1.165, 1.54) is 16.9 Å². The molecule has 1 aromatic carbocycles. The molecule has 0 saturated heterocycles. The predicted molar refractivity (Wildman–Crippen MR) is 85.3 cm³/mol. The summed E-state index contributed by atoms with van der Waals surface area (Å²) >= 11 is 1.38. The third-order valence-corrected chi connectivity index (χ3v) is 3.90. The van der Waals surface area contributed by atoms with E-state index >= 15 is 0 Å². The lowest BCUT2D eigenvalue weighted by atomic mass is 10.0. The maximum Gasteiger partial charge on any atom is 0.182 e. The van der Waals surface area contributed by atoms with Gasteiger partial charge in [-0.2, -0.15) is 0 Å². The molecule has 1 aromatic heterocycles. The molecule has 0 unspecified atom stereocenters. The van der Waals surface area contributed by atoms with Crippen LogP contribution in [-0.4, -0.2) is 24.1 Å². The number of aromatic nitrogens is 1. The summed E-state index contributed by atoms with van der Waals surface area (Å²) < 4.78 is 5.80. The first kappa shape index (κ1) is 16.3. The molecule has 0 aliphatic carbocycles. The second-order valence-electron chi connectivity index (χ2n) is 5.16. The number of carbonyl (C=O) groups excluding carboxylic acids is 1. The molecule has 0 saturated carbocycles. The maximum absolute atomic E-state index is 10.5. The third kappa shape index (κ3) is 4.73. The SMILES string of the molecule is CC(C)c1ccccc1OCCNc1nc(CC(=O)[O-])cs1. The standard InChI is InChI=1S/C16H20N2O3S/c1-11(2)13-5-3-4-6-14(13)21-8-7-17-16-18-12(10-22-16)9-15(19)20/h3-6,10-11H,7-9H2,1-2H3,(H,17,18)(H,19,20)/p-1. The minimum absolute atomic E-state index is 0.156. The number of rotatable bonds is 8. The van der Waals surface area contributed by atoms with E-state index in [2.05, 4.69) is 30.2 Å². The Hall–Kier alpha value is -2.08. The van der Waals surface area contributed by atoms with Gasteiger partial charge in [0.15, 0.2) is 5.13 Å². The van der Waals surface area contributed by atoms with Crippen molar-refractivity contribution in [3.05, 3.63) is 40.9 Å². The lowest BCUT2D eigenvalue weighted by molar-refractivity contribution is -0.304. The van der Waals surface area contributed by atoms with Gasteiger partial charge in [-0.25, -0.2) is 4.98 Å². The molecule has 6 heteroatoms. The van der Waals surface area contributed by atoms with E-state index in [1.54, 1.807) is 5.38 Å². The number of ether oxygens (including phenoxy) is 1.